The predicted octanol–water partition coefficient (Wildman–Crippen LogP) is 0.715. The number of benzene rings is 1. The molecule has 0 amide bonds. The Morgan fingerprint density at radius 3 is 2.30 bits per heavy atom. The quantitative estimate of drug-likeness (QED) is 0.841. The topological polar surface area (TPSA) is 50.6 Å². The van der Waals surface area contributed by atoms with Crippen LogP contribution in [0.2, 0.25) is 0 Å². The van der Waals surface area contributed by atoms with Gasteiger partial charge in [0, 0.05) is 0 Å². The molecule has 20 heavy (non-hydrogen) atoms. The minimum absolute atomic E-state index is 0.0637. The molecule has 0 spiro atoms. The first-order valence-corrected chi connectivity index (χ1v) is 8.42. The number of hydrogen-bond acceptors (Lipinski definition) is 2. The van der Waals surface area contributed by atoms with Gasteiger partial charge in [0.25, 0.3) is 0 Å². The standard InChI is InChI=1S/C15H26N2O2S/c1-12-7-8-13(15(2,3)4)11-14(12)20(18,19)16-9-10-17(5)6/h7-8,11,16H,9-10H2,1-6H3/p+1. The van der Waals surface area contributed by atoms with Gasteiger partial charge in [-0.15, -0.1) is 0 Å². The molecular formula is C15H27N2O2S+. The van der Waals surface area contributed by atoms with Crippen molar-refractivity contribution in [2.45, 2.75) is 38.0 Å². The van der Waals surface area contributed by atoms with Crippen molar-refractivity contribution < 1.29 is 13.3 Å². The van der Waals surface area contributed by atoms with E-state index in [0.717, 1.165) is 17.7 Å². The van der Waals surface area contributed by atoms with Crippen molar-refractivity contribution >= 4 is 10.0 Å². The summed E-state index contributed by atoms with van der Waals surface area (Å²) in [5.74, 6) is 0. The van der Waals surface area contributed by atoms with Crippen LogP contribution < -0.4 is 9.62 Å². The SMILES string of the molecule is Cc1ccc(C(C)(C)C)cc1S(=O)(=O)NCC[NH+](C)C. The molecule has 2 N–H and O–H groups in total. The fraction of sp³-hybridized carbons (Fsp3) is 0.600. The molecule has 0 aliphatic heterocycles. The summed E-state index contributed by atoms with van der Waals surface area (Å²) in [6.45, 7) is 9.28. The predicted molar refractivity (Wildman–Crippen MR) is 82.7 cm³/mol. The normalized spacial score (nSPS) is 12.9. The van der Waals surface area contributed by atoms with E-state index in [-0.39, 0.29) is 5.41 Å². The van der Waals surface area contributed by atoms with Crippen molar-refractivity contribution in [3.8, 4) is 0 Å². The van der Waals surface area contributed by atoms with Crippen molar-refractivity contribution in [2.75, 3.05) is 27.2 Å². The van der Waals surface area contributed by atoms with Gasteiger partial charge in [0.1, 0.15) is 0 Å². The lowest BCUT2D eigenvalue weighted by Gasteiger charge is -2.21. The highest BCUT2D eigenvalue weighted by atomic mass is 32.2. The van der Waals surface area contributed by atoms with Gasteiger partial charge in [-0.05, 0) is 29.5 Å². The Labute approximate surface area is 123 Å². The lowest BCUT2D eigenvalue weighted by molar-refractivity contribution is -0.856. The minimum atomic E-state index is -3.43. The van der Waals surface area contributed by atoms with Crippen LogP contribution in [-0.4, -0.2) is 35.6 Å². The van der Waals surface area contributed by atoms with E-state index in [0.29, 0.717) is 11.4 Å². The highest BCUT2D eigenvalue weighted by molar-refractivity contribution is 7.89. The monoisotopic (exact) mass is 299 g/mol. The average Bonchev–Trinajstić information content (AvgIpc) is 2.26. The number of hydrogen-bond donors (Lipinski definition) is 2. The van der Waals surface area contributed by atoms with Crippen molar-refractivity contribution in [2.24, 2.45) is 0 Å². The third-order valence-electron chi connectivity index (χ3n) is 3.26. The van der Waals surface area contributed by atoms with Crippen LogP contribution in [0.1, 0.15) is 31.9 Å². The fourth-order valence-corrected chi connectivity index (χ4v) is 3.17. The number of rotatable bonds is 5. The Bertz CT molecular complexity index is 558. The second kappa shape index (κ2) is 6.24. The lowest BCUT2D eigenvalue weighted by Crippen LogP contribution is -3.06. The van der Waals surface area contributed by atoms with Crippen LogP contribution in [0.5, 0.6) is 0 Å². The number of quaternary nitrogens is 1. The number of nitrogens with one attached hydrogen (secondary N) is 2. The third-order valence-corrected chi connectivity index (χ3v) is 4.86. The summed E-state index contributed by atoms with van der Waals surface area (Å²) in [5, 5.41) is 0. The summed E-state index contributed by atoms with van der Waals surface area (Å²) in [4.78, 5) is 1.60. The van der Waals surface area contributed by atoms with E-state index in [1.807, 2.05) is 33.2 Å². The second-order valence-electron chi connectivity index (χ2n) is 6.59. The first-order valence-electron chi connectivity index (χ1n) is 6.94. The van der Waals surface area contributed by atoms with Crippen LogP contribution >= 0.6 is 0 Å². The van der Waals surface area contributed by atoms with E-state index >= 15 is 0 Å². The van der Waals surface area contributed by atoms with Crippen LogP contribution in [0.3, 0.4) is 0 Å². The Kier molecular flexibility index (Phi) is 5.35. The Morgan fingerprint density at radius 1 is 1.20 bits per heavy atom. The highest BCUT2D eigenvalue weighted by Gasteiger charge is 2.21. The molecule has 1 aromatic carbocycles. The maximum Gasteiger partial charge on any atom is 0.241 e. The van der Waals surface area contributed by atoms with Gasteiger partial charge in [-0.3, -0.25) is 0 Å². The first kappa shape index (κ1) is 17.1. The summed E-state index contributed by atoms with van der Waals surface area (Å²) in [6.07, 6.45) is 0. The summed E-state index contributed by atoms with van der Waals surface area (Å²) < 4.78 is 27.5. The van der Waals surface area contributed by atoms with Gasteiger partial charge >= 0.3 is 0 Å². The number of likely N-dealkylation sites (N-methyl/N-ethyl adjacent to an activating group) is 1. The third kappa shape index (κ3) is 4.58. The van der Waals surface area contributed by atoms with Crippen LogP contribution in [-0.2, 0) is 15.4 Å². The van der Waals surface area contributed by atoms with E-state index < -0.39 is 10.0 Å². The number of sulfonamides is 1. The summed E-state index contributed by atoms with van der Waals surface area (Å²) in [5.41, 5.74) is 1.75. The zero-order chi connectivity index (χ0) is 15.6. The average molecular weight is 299 g/mol. The molecule has 0 bridgehead atoms. The molecule has 1 aromatic rings. The minimum Gasteiger partial charge on any atom is -0.339 e. The van der Waals surface area contributed by atoms with Crippen molar-refractivity contribution in [3.63, 3.8) is 0 Å². The maximum atomic E-state index is 12.4. The Hall–Kier alpha value is -0.910. The molecule has 0 radical (unpaired) electrons. The number of aryl methyl sites for hydroxylation is 1. The molecule has 0 fully saturated rings. The fourth-order valence-electron chi connectivity index (χ4n) is 1.87. The molecule has 114 valence electrons. The molecule has 4 nitrogen and oxygen atoms in total. The summed E-state index contributed by atoms with van der Waals surface area (Å²) >= 11 is 0. The summed E-state index contributed by atoms with van der Waals surface area (Å²) in [7, 11) is 0.567. The summed E-state index contributed by atoms with van der Waals surface area (Å²) in [6, 6.07) is 5.67. The van der Waals surface area contributed by atoms with Crippen molar-refractivity contribution in [1.29, 1.82) is 0 Å². The van der Waals surface area contributed by atoms with Gasteiger partial charge in [0.15, 0.2) is 0 Å². The zero-order valence-electron chi connectivity index (χ0n) is 13.4. The van der Waals surface area contributed by atoms with Gasteiger partial charge in [0.05, 0.1) is 32.1 Å². The van der Waals surface area contributed by atoms with E-state index in [2.05, 4.69) is 25.5 Å². The van der Waals surface area contributed by atoms with Crippen LogP contribution in [0.15, 0.2) is 23.1 Å². The van der Waals surface area contributed by atoms with Crippen molar-refractivity contribution in [1.82, 2.24) is 4.72 Å². The van der Waals surface area contributed by atoms with Gasteiger partial charge in [0.2, 0.25) is 10.0 Å². The van der Waals surface area contributed by atoms with E-state index in [1.165, 1.54) is 4.90 Å². The maximum absolute atomic E-state index is 12.4. The molecule has 0 aromatic heterocycles. The molecule has 0 heterocycles. The highest BCUT2D eigenvalue weighted by Crippen LogP contribution is 2.26. The van der Waals surface area contributed by atoms with E-state index in [9.17, 15) is 8.42 Å². The lowest BCUT2D eigenvalue weighted by atomic mass is 9.87. The molecular weight excluding hydrogens is 272 g/mol. The van der Waals surface area contributed by atoms with Gasteiger partial charge in [-0.1, -0.05) is 32.9 Å². The molecule has 0 aliphatic rings. The molecule has 1 rings (SSSR count). The molecule has 0 saturated heterocycles. The van der Waals surface area contributed by atoms with E-state index in [4.69, 9.17) is 0 Å². The van der Waals surface area contributed by atoms with Crippen LogP contribution in [0, 0.1) is 6.92 Å². The molecule has 0 atom stereocenters. The van der Waals surface area contributed by atoms with Crippen molar-refractivity contribution in [3.05, 3.63) is 29.3 Å². The first-order chi connectivity index (χ1) is 9.04. The van der Waals surface area contributed by atoms with Gasteiger partial charge < -0.3 is 4.90 Å². The Morgan fingerprint density at radius 2 is 1.80 bits per heavy atom. The Balaban J connectivity index is 3.05. The van der Waals surface area contributed by atoms with Gasteiger partial charge in [-0.2, -0.15) is 0 Å². The molecule has 5 heteroatoms. The molecule has 0 saturated carbocycles. The van der Waals surface area contributed by atoms with Gasteiger partial charge in [-0.25, -0.2) is 13.1 Å². The zero-order valence-corrected chi connectivity index (χ0v) is 14.2. The molecule has 0 unspecified atom stereocenters. The molecule has 0 aliphatic carbocycles. The van der Waals surface area contributed by atoms with Crippen LogP contribution in [0.4, 0.5) is 0 Å². The largest absolute Gasteiger partial charge is 0.339 e. The second-order valence-corrected chi connectivity index (χ2v) is 8.32. The smallest absolute Gasteiger partial charge is 0.241 e. The van der Waals surface area contributed by atoms with Crippen LogP contribution in [0.25, 0.3) is 0 Å². The van der Waals surface area contributed by atoms with E-state index in [1.54, 1.807) is 6.07 Å².